The van der Waals surface area contributed by atoms with E-state index in [0.717, 1.165) is 28.9 Å². The summed E-state index contributed by atoms with van der Waals surface area (Å²) in [5, 5.41) is 46.5. The predicted octanol–water partition coefficient (Wildman–Crippen LogP) is 2.85. The summed E-state index contributed by atoms with van der Waals surface area (Å²) < 4.78 is 32.7. The molecule has 0 radical (unpaired) electrons. The highest BCUT2D eigenvalue weighted by molar-refractivity contribution is 6.07. The first kappa shape index (κ1) is 31.9. The van der Waals surface area contributed by atoms with Crippen molar-refractivity contribution in [2.75, 3.05) is 10.6 Å². The number of fused-ring (bicyclic) bond motifs is 1. The second kappa shape index (κ2) is 13.4. The van der Waals surface area contributed by atoms with Gasteiger partial charge < -0.3 is 20.8 Å². The Morgan fingerprint density at radius 2 is 1.41 bits per heavy atom. The number of benzene rings is 2. The molecule has 0 fully saturated rings. The monoisotopic (exact) mass is 669 g/mol. The van der Waals surface area contributed by atoms with E-state index >= 15 is 4.39 Å². The molecule has 0 unspecified atom stereocenters. The van der Waals surface area contributed by atoms with Gasteiger partial charge in [0.25, 0.3) is 11.8 Å². The number of nitrogens with zero attached hydrogens (tertiary/aromatic N) is 9. The first-order valence-electron chi connectivity index (χ1n) is 14.2. The van der Waals surface area contributed by atoms with Crippen molar-refractivity contribution in [3.05, 3.63) is 113 Å². The first-order chi connectivity index (χ1) is 23.6. The Hall–Kier alpha value is -7.05. The highest BCUT2D eigenvalue weighted by Crippen LogP contribution is 2.26. The van der Waals surface area contributed by atoms with Gasteiger partial charge in [0.1, 0.15) is 18.0 Å². The molecule has 4 aromatic heterocycles. The second-order valence-corrected chi connectivity index (χ2v) is 10.3. The lowest BCUT2D eigenvalue weighted by atomic mass is 9.99. The maximum Gasteiger partial charge on any atom is 0.337 e. The summed E-state index contributed by atoms with van der Waals surface area (Å²) in [6, 6.07) is 9.41. The van der Waals surface area contributed by atoms with Gasteiger partial charge in [-0.15, -0.1) is 25.0 Å². The van der Waals surface area contributed by atoms with E-state index in [-0.39, 0.29) is 58.8 Å². The van der Waals surface area contributed by atoms with Crippen LogP contribution < -0.4 is 10.6 Å². The van der Waals surface area contributed by atoms with E-state index in [0.29, 0.717) is 5.82 Å². The summed E-state index contributed by atoms with van der Waals surface area (Å²) in [5.41, 5.74) is -1.51. The number of aromatic nitrogens is 9. The first-order valence-corrected chi connectivity index (χ1v) is 14.2. The van der Waals surface area contributed by atoms with Crippen LogP contribution in [0.4, 0.5) is 20.2 Å². The average Bonchev–Trinajstić information content (AvgIpc) is 3.79. The number of carbonyl (C=O) groups excluding carboxylic acids is 2. The van der Waals surface area contributed by atoms with Crippen LogP contribution in [-0.2, 0) is 12.8 Å². The number of hydrogen-bond donors (Lipinski definition) is 4. The molecule has 246 valence electrons. The number of nitrogens with one attached hydrogen (secondary N) is 2. The van der Waals surface area contributed by atoms with Gasteiger partial charge in [-0.25, -0.2) is 23.4 Å². The van der Waals surface area contributed by atoms with Crippen LogP contribution in [0, 0.1) is 11.6 Å². The Labute approximate surface area is 272 Å². The zero-order chi connectivity index (χ0) is 34.7. The number of aromatic carboxylic acids is 2. The smallest absolute Gasteiger partial charge is 0.337 e. The maximum atomic E-state index is 15.1. The predicted molar refractivity (Wildman–Crippen MR) is 162 cm³/mol. The quantitative estimate of drug-likeness (QED) is 0.156. The van der Waals surface area contributed by atoms with Gasteiger partial charge in [-0.3, -0.25) is 14.2 Å². The van der Waals surface area contributed by atoms with Crippen molar-refractivity contribution >= 4 is 40.8 Å². The minimum absolute atomic E-state index is 0.0108. The van der Waals surface area contributed by atoms with Gasteiger partial charge in [0, 0.05) is 12.4 Å². The molecule has 0 atom stereocenters. The fourth-order valence-electron chi connectivity index (χ4n) is 4.77. The molecule has 2 amide bonds. The Balaban J connectivity index is 1.15. The standard InChI is InChI=1S/C30H21F2N11O6/c31-19-12-18(30(48)49)23(34-27(44)21-4-6-25(37-36-21)42-9-8-33-14-42)11-16(19)3-1-2-15-10-17(29(46)47)24(13-20(15)32)35-28(45)22-5-7-26-38-40-41-43(26)39-22/h4-14H,1-3H2,(H,34,44)(H,35,45)(H,46,47)(H,48,49). The van der Waals surface area contributed by atoms with Crippen molar-refractivity contribution in [3.8, 4) is 5.82 Å². The fourth-order valence-corrected chi connectivity index (χ4v) is 4.77. The number of hydrogen-bond acceptors (Lipinski definition) is 11. The lowest BCUT2D eigenvalue weighted by Gasteiger charge is -2.13. The van der Waals surface area contributed by atoms with E-state index in [4.69, 9.17) is 0 Å². The van der Waals surface area contributed by atoms with Crippen LogP contribution in [0.15, 0.2) is 67.3 Å². The summed E-state index contributed by atoms with van der Waals surface area (Å²) in [6.45, 7) is 0. The number of halogens is 2. The summed E-state index contributed by atoms with van der Waals surface area (Å²) in [6.07, 6.45) is 4.63. The number of aryl methyl sites for hydroxylation is 2. The van der Waals surface area contributed by atoms with Gasteiger partial charge in [0.05, 0.1) is 22.5 Å². The molecular weight excluding hydrogens is 648 g/mol. The van der Waals surface area contributed by atoms with Gasteiger partial charge in [0.2, 0.25) is 0 Å². The zero-order valence-corrected chi connectivity index (χ0v) is 24.8. The molecular formula is C30H21F2N11O6. The van der Waals surface area contributed by atoms with Crippen molar-refractivity contribution in [2.45, 2.75) is 19.3 Å². The average molecular weight is 670 g/mol. The van der Waals surface area contributed by atoms with E-state index in [9.17, 15) is 33.8 Å². The molecule has 17 nitrogen and oxygen atoms in total. The number of carboxylic acid groups (broad SMARTS) is 2. The van der Waals surface area contributed by atoms with Crippen LogP contribution in [0.1, 0.15) is 59.2 Å². The van der Waals surface area contributed by atoms with Crippen LogP contribution in [0.25, 0.3) is 11.5 Å². The molecule has 4 heterocycles. The SMILES string of the molecule is O=C(Nc1cc(CCCc2cc(C(=O)O)c(NC(=O)c3ccc4nnnn4n3)cc2F)c(F)cc1C(=O)O)c1ccc(-n2ccnc2)nn1. The van der Waals surface area contributed by atoms with Gasteiger partial charge in [-0.05, 0) is 89.3 Å². The summed E-state index contributed by atoms with van der Waals surface area (Å²) in [4.78, 5) is 53.3. The van der Waals surface area contributed by atoms with Crippen molar-refractivity contribution in [1.29, 1.82) is 0 Å². The number of carbonyl (C=O) groups is 4. The molecule has 0 saturated heterocycles. The third kappa shape index (κ3) is 6.89. The van der Waals surface area contributed by atoms with E-state index in [1.54, 1.807) is 10.8 Å². The third-order valence-electron chi connectivity index (χ3n) is 7.18. The number of anilines is 2. The van der Waals surface area contributed by atoms with Gasteiger partial charge in [-0.1, -0.05) is 0 Å². The number of imidazole rings is 1. The third-order valence-corrected chi connectivity index (χ3v) is 7.18. The lowest BCUT2D eigenvalue weighted by molar-refractivity contribution is 0.0686. The molecule has 49 heavy (non-hydrogen) atoms. The normalized spacial score (nSPS) is 11.0. The molecule has 4 N–H and O–H groups in total. The van der Waals surface area contributed by atoms with Crippen LogP contribution in [0.2, 0.25) is 0 Å². The van der Waals surface area contributed by atoms with Crippen LogP contribution >= 0.6 is 0 Å². The highest BCUT2D eigenvalue weighted by Gasteiger charge is 2.21. The van der Waals surface area contributed by atoms with Gasteiger partial charge in [0.15, 0.2) is 22.9 Å². The Morgan fingerprint density at radius 1 is 0.755 bits per heavy atom. The van der Waals surface area contributed by atoms with Crippen LogP contribution in [-0.4, -0.2) is 79.0 Å². The van der Waals surface area contributed by atoms with E-state index in [1.165, 1.54) is 36.8 Å². The van der Waals surface area contributed by atoms with E-state index in [2.05, 4.69) is 46.4 Å². The Bertz CT molecular complexity index is 2240. The molecule has 0 spiro atoms. The van der Waals surface area contributed by atoms with Crippen molar-refractivity contribution in [1.82, 2.24) is 45.0 Å². The summed E-state index contributed by atoms with van der Waals surface area (Å²) in [7, 11) is 0. The van der Waals surface area contributed by atoms with Gasteiger partial charge in [-0.2, -0.15) is 0 Å². The summed E-state index contributed by atoms with van der Waals surface area (Å²) >= 11 is 0. The molecule has 0 aliphatic rings. The second-order valence-electron chi connectivity index (χ2n) is 10.3. The lowest BCUT2D eigenvalue weighted by Crippen LogP contribution is -2.18. The van der Waals surface area contributed by atoms with Crippen molar-refractivity contribution in [3.63, 3.8) is 0 Å². The number of amides is 2. The molecule has 0 aliphatic heterocycles. The molecule has 0 bridgehead atoms. The fraction of sp³-hybridized carbons (Fsp3) is 0.100. The number of rotatable bonds is 11. The molecule has 6 rings (SSSR count). The Morgan fingerprint density at radius 3 is 2.08 bits per heavy atom. The summed E-state index contributed by atoms with van der Waals surface area (Å²) in [5.74, 6) is -5.91. The van der Waals surface area contributed by atoms with Crippen LogP contribution in [0.3, 0.4) is 0 Å². The van der Waals surface area contributed by atoms with Crippen LogP contribution in [0.5, 0.6) is 0 Å². The molecule has 0 aliphatic carbocycles. The minimum Gasteiger partial charge on any atom is -0.478 e. The number of carboxylic acids is 2. The van der Waals surface area contributed by atoms with Gasteiger partial charge >= 0.3 is 11.9 Å². The van der Waals surface area contributed by atoms with E-state index in [1.807, 2.05) is 0 Å². The maximum absolute atomic E-state index is 15.1. The zero-order valence-electron chi connectivity index (χ0n) is 24.8. The Kier molecular flexibility index (Phi) is 8.70. The number of tetrazole rings is 1. The topological polar surface area (TPSA) is 232 Å². The molecule has 19 heteroatoms. The highest BCUT2D eigenvalue weighted by atomic mass is 19.1. The molecule has 6 aromatic rings. The minimum atomic E-state index is -1.50. The molecule has 2 aromatic carbocycles. The van der Waals surface area contributed by atoms with E-state index < -0.39 is 46.5 Å². The van der Waals surface area contributed by atoms with Crippen molar-refractivity contribution in [2.24, 2.45) is 0 Å². The molecule has 0 saturated carbocycles. The largest absolute Gasteiger partial charge is 0.478 e. The van der Waals surface area contributed by atoms with Crippen molar-refractivity contribution < 1.29 is 38.2 Å².